The number of aromatic nitrogens is 4. The van der Waals surface area contributed by atoms with Crippen molar-refractivity contribution in [3.8, 4) is 5.75 Å². The third-order valence-electron chi connectivity index (χ3n) is 4.47. The van der Waals surface area contributed by atoms with E-state index in [0.717, 1.165) is 37.2 Å². The predicted molar refractivity (Wildman–Crippen MR) is 107 cm³/mol. The van der Waals surface area contributed by atoms with Gasteiger partial charge in [-0.1, -0.05) is 23.4 Å². The second kappa shape index (κ2) is 7.92. The van der Waals surface area contributed by atoms with Crippen molar-refractivity contribution in [2.45, 2.75) is 30.6 Å². The molecular weight excluding hydrogens is 386 g/mol. The Morgan fingerprint density at radius 3 is 2.96 bits per heavy atom. The maximum absolute atomic E-state index is 6.06. The van der Waals surface area contributed by atoms with Crippen LogP contribution in [0.2, 0.25) is 5.02 Å². The van der Waals surface area contributed by atoms with Gasteiger partial charge in [-0.25, -0.2) is 15.0 Å². The van der Waals surface area contributed by atoms with Gasteiger partial charge < -0.3 is 14.8 Å². The summed E-state index contributed by atoms with van der Waals surface area (Å²) in [5.74, 6) is 1.26. The highest BCUT2D eigenvalue weighted by molar-refractivity contribution is 7.98. The second-order valence-corrected chi connectivity index (χ2v) is 7.38. The van der Waals surface area contributed by atoms with Gasteiger partial charge in [0.05, 0.1) is 19.1 Å². The Morgan fingerprint density at radius 2 is 2.22 bits per heavy atom. The van der Waals surface area contributed by atoms with E-state index >= 15 is 0 Å². The molecule has 1 N–H and O–H groups in total. The van der Waals surface area contributed by atoms with Crippen LogP contribution >= 0.6 is 23.4 Å². The van der Waals surface area contributed by atoms with Gasteiger partial charge in [0, 0.05) is 17.7 Å². The minimum Gasteiger partial charge on any atom is -0.495 e. The van der Waals surface area contributed by atoms with Crippen molar-refractivity contribution in [1.29, 1.82) is 0 Å². The second-order valence-electron chi connectivity index (χ2n) is 6.17. The molecule has 1 aromatic carbocycles. The van der Waals surface area contributed by atoms with Crippen LogP contribution in [-0.4, -0.2) is 39.5 Å². The summed E-state index contributed by atoms with van der Waals surface area (Å²) in [7, 11) is 1.61. The Morgan fingerprint density at radius 1 is 1.33 bits per heavy atom. The number of halogens is 1. The number of methoxy groups -OCH3 is 1. The number of benzene rings is 1. The summed E-state index contributed by atoms with van der Waals surface area (Å²) in [6, 6.07) is 5.41. The van der Waals surface area contributed by atoms with Gasteiger partial charge in [-0.15, -0.1) is 0 Å². The highest BCUT2D eigenvalue weighted by Crippen LogP contribution is 2.34. The Kier molecular flexibility index (Phi) is 5.38. The Hall–Kier alpha value is -2.03. The van der Waals surface area contributed by atoms with Crippen LogP contribution in [0.4, 0.5) is 11.5 Å². The Labute approximate surface area is 166 Å². The minimum atomic E-state index is -0.0359. The average Bonchev–Trinajstić information content (AvgIpc) is 3.14. The molecule has 0 amide bonds. The fourth-order valence-electron chi connectivity index (χ4n) is 3.12. The molecular formula is C18H20ClN5O2S. The van der Waals surface area contributed by atoms with Gasteiger partial charge in [0.2, 0.25) is 0 Å². The van der Waals surface area contributed by atoms with Gasteiger partial charge in [0.15, 0.2) is 22.1 Å². The third-order valence-corrected chi connectivity index (χ3v) is 5.25. The van der Waals surface area contributed by atoms with Crippen molar-refractivity contribution in [2.24, 2.45) is 0 Å². The van der Waals surface area contributed by atoms with Gasteiger partial charge in [-0.2, -0.15) is 0 Å². The van der Waals surface area contributed by atoms with Crippen LogP contribution in [0.1, 0.15) is 25.5 Å². The molecule has 1 unspecified atom stereocenters. The largest absolute Gasteiger partial charge is 0.495 e. The maximum atomic E-state index is 6.06. The molecule has 1 atom stereocenters. The zero-order valence-electron chi connectivity index (χ0n) is 15.1. The van der Waals surface area contributed by atoms with E-state index in [1.54, 1.807) is 25.6 Å². The fourth-order valence-corrected chi connectivity index (χ4v) is 3.65. The first kappa shape index (κ1) is 18.3. The number of anilines is 2. The van der Waals surface area contributed by atoms with Crippen LogP contribution in [0.15, 0.2) is 29.7 Å². The maximum Gasteiger partial charge on any atom is 0.191 e. The van der Waals surface area contributed by atoms with Crippen molar-refractivity contribution in [3.63, 3.8) is 0 Å². The summed E-state index contributed by atoms with van der Waals surface area (Å²) in [6.07, 6.45) is 6.88. The number of imidazole rings is 1. The van der Waals surface area contributed by atoms with Crippen LogP contribution in [0, 0.1) is 0 Å². The molecule has 0 saturated carbocycles. The van der Waals surface area contributed by atoms with Crippen LogP contribution in [0.5, 0.6) is 5.75 Å². The van der Waals surface area contributed by atoms with Gasteiger partial charge in [0.25, 0.3) is 0 Å². The molecule has 1 saturated heterocycles. The molecule has 1 fully saturated rings. The molecule has 4 rings (SSSR count). The van der Waals surface area contributed by atoms with Gasteiger partial charge in [-0.3, -0.25) is 4.57 Å². The van der Waals surface area contributed by atoms with E-state index in [4.69, 9.17) is 21.1 Å². The number of nitrogens with zero attached hydrogens (tertiary/aromatic N) is 4. The lowest BCUT2D eigenvalue weighted by Crippen LogP contribution is -2.17. The SMILES string of the molecule is COc1cc(Cl)ccc1Nc1nc(SC)nc2c1ncn2C1CCCCO1. The average molecular weight is 406 g/mol. The molecule has 0 aliphatic carbocycles. The molecule has 1 aliphatic heterocycles. The first-order chi connectivity index (χ1) is 13.2. The van der Waals surface area contributed by atoms with Crippen molar-refractivity contribution >= 4 is 46.0 Å². The standard InChI is InChI=1S/C18H20ClN5O2S/c1-25-13-9-11(19)6-7-12(13)21-16-15-17(23-18(22-16)27-2)24(10-20-15)14-5-3-4-8-26-14/h6-7,9-10,14H,3-5,8H2,1-2H3,(H,21,22,23). The minimum absolute atomic E-state index is 0.0359. The molecule has 1 aliphatic rings. The number of hydrogen-bond donors (Lipinski definition) is 1. The molecule has 0 radical (unpaired) electrons. The first-order valence-corrected chi connectivity index (χ1v) is 10.3. The predicted octanol–water partition coefficient (Wildman–Crippen LogP) is 4.65. The molecule has 2 aromatic heterocycles. The zero-order chi connectivity index (χ0) is 18.8. The first-order valence-electron chi connectivity index (χ1n) is 8.70. The Bertz CT molecular complexity index is 958. The number of nitrogens with one attached hydrogen (secondary N) is 1. The van der Waals surface area contributed by atoms with Crippen LogP contribution in [0.3, 0.4) is 0 Å². The monoisotopic (exact) mass is 405 g/mol. The van der Waals surface area contributed by atoms with E-state index in [-0.39, 0.29) is 6.23 Å². The number of hydrogen-bond acceptors (Lipinski definition) is 7. The summed E-state index contributed by atoms with van der Waals surface area (Å²) in [6.45, 7) is 0.762. The van der Waals surface area contributed by atoms with E-state index in [2.05, 4.69) is 20.3 Å². The number of ether oxygens (including phenoxy) is 2. The lowest BCUT2D eigenvalue weighted by atomic mass is 10.2. The van der Waals surface area contributed by atoms with Crippen molar-refractivity contribution in [1.82, 2.24) is 19.5 Å². The molecule has 142 valence electrons. The molecule has 0 spiro atoms. The lowest BCUT2D eigenvalue weighted by molar-refractivity contribution is -0.0298. The molecule has 27 heavy (non-hydrogen) atoms. The highest BCUT2D eigenvalue weighted by atomic mass is 35.5. The summed E-state index contributed by atoms with van der Waals surface area (Å²) in [4.78, 5) is 13.8. The van der Waals surface area contributed by atoms with Crippen LogP contribution < -0.4 is 10.1 Å². The van der Waals surface area contributed by atoms with E-state index in [0.29, 0.717) is 27.3 Å². The number of rotatable bonds is 5. The quantitative estimate of drug-likeness (QED) is 0.489. The molecule has 0 bridgehead atoms. The smallest absolute Gasteiger partial charge is 0.191 e. The highest BCUT2D eigenvalue weighted by Gasteiger charge is 2.21. The molecule has 9 heteroatoms. The van der Waals surface area contributed by atoms with E-state index in [1.165, 1.54) is 11.8 Å². The van der Waals surface area contributed by atoms with Gasteiger partial charge in [0.1, 0.15) is 12.0 Å². The summed E-state index contributed by atoms with van der Waals surface area (Å²) < 4.78 is 13.3. The topological polar surface area (TPSA) is 74.1 Å². The van der Waals surface area contributed by atoms with Crippen molar-refractivity contribution < 1.29 is 9.47 Å². The zero-order valence-corrected chi connectivity index (χ0v) is 16.7. The van der Waals surface area contributed by atoms with E-state index < -0.39 is 0 Å². The van der Waals surface area contributed by atoms with E-state index in [9.17, 15) is 0 Å². The van der Waals surface area contributed by atoms with E-state index in [1.807, 2.05) is 16.9 Å². The molecule has 7 nitrogen and oxygen atoms in total. The molecule has 3 heterocycles. The van der Waals surface area contributed by atoms with Crippen molar-refractivity contribution in [2.75, 3.05) is 25.3 Å². The normalized spacial score (nSPS) is 17.2. The summed E-state index contributed by atoms with van der Waals surface area (Å²) in [5, 5.41) is 4.59. The van der Waals surface area contributed by atoms with Gasteiger partial charge >= 0.3 is 0 Å². The van der Waals surface area contributed by atoms with Crippen LogP contribution in [0.25, 0.3) is 11.2 Å². The summed E-state index contributed by atoms with van der Waals surface area (Å²) in [5.41, 5.74) is 2.22. The fraction of sp³-hybridized carbons (Fsp3) is 0.389. The molecule has 3 aromatic rings. The third kappa shape index (κ3) is 3.69. The van der Waals surface area contributed by atoms with Gasteiger partial charge in [-0.05, 0) is 37.7 Å². The Balaban J connectivity index is 1.77. The summed E-state index contributed by atoms with van der Waals surface area (Å²) >= 11 is 7.55. The number of thioether (sulfide) groups is 1. The van der Waals surface area contributed by atoms with Crippen LogP contribution in [-0.2, 0) is 4.74 Å². The van der Waals surface area contributed by atoms with Crippen molar-refractivity contribution in [3.05, 3.63) is 29.5 Å². The lowest BCUT2D eigenvalue weighted by Gasteiger charge is -2.23. The number of fused-ring (bicyclic) bond motifs is 1.